The van der Waals surface area contributed by atoms with Gasteiger partial charge in [-0.2, -0.15) is 0 Å². The SMILES string of the molecule is Nc1ccc2ncnc(Nc3cccc(F)c3F)c2c1. The van der Waals surface area contributed by atoms with Gasteiger partial charge in [-0.15, -0.1) is 0 Å². The number of aromatic nitrogens is 2. The Hall–Kier alpha value is -2.76. The Morgan fingerprint density at radius 2 is 1.90 bits per heavy atom. The topological polar surface area (TPSA) is 63.8 Å². The number of nitrogen functional groups attached to an aromatic ring is 1. The third-order valence-corrected chi connectivity index (χ3v) is 2.86. The van der Waals surface area contributed by atoms with Gasteiger partial charge in [0.1, 0.15) is 12.1 Å². The van der Waals surface area contributed by atoms with Crippen LogP contribution in [0.5, 0.6) is 0 Å². The van der Waals surface area contributed by atoms with Crippen molar-refractivity contribution >= 4 is 28.1 Å². The lowest BCUT2D eigenvalue weighted by molar-refractivity contribution is 0.512. The highest BCUT2D eigenvalue weighted by Crippen LogP contribution is 2.26. The van der Waals surface area contributed by atoms with Crippen LogP contribution in [-0.4, -0.2) is 9.97 Å². The minimum absolute atomic E-state index is 0.00687. The molecule has 4 nitrogen and oxygen atoms in total. The molecule has 0 unspecified atom stereocenters. The first-order valence-electron chi connectivity index (χ1n) is 5.86. The second-order valence-corrected chi connectivity index (χ2v) is 4.23. The fourth-order valence-corrected chi connectivity index (χ4v) is 1.90. The Labute approximate surface area is 113 Å². The molecule has 3 N–H and O–H groups in total. The van der Waals surface area contributed by atoms with Crippen molar-refractivity contribution in [2.24, 2.45) is 0 Å². The minimum atomic E-state index is -0.955. The summed E-state index contributed by atoms with van der Waals surface area (Å²) in [6.45, 7) is 0. The maximum absolute atomic E-state index is 13.7. The Morgan fingerprint density at radius 1 is 1.05 bits per heavy atom. The molecule has 0 amide bonds. The van der Waals surface area contributed by atoms with Gasteiger partial charge >= 0.3 is 0 Å². The summed E-state index contributed by atoms with van der Waals surface area (Å²) < 4.78 is 26.9. The predicted molar refractivity (Wildman–Crippen MR) is 73.6 cm³/mol. The van der Waals surface area contributed by atoms with Crippen molar-refractivity contribution < 1.29 is 8.78 Å². The quantitative estimate of drug-likeness (QED) is 0.703. The van der Waals surface area contributed by atoms with Crippen LogP contribution >= 0.6 is 0 Å². The molecule has 3 rings (SSSR count). The van der Waals surface area contributed by atoms with E-state index in [2.05, 4.69) is 15.3 Å². The maximum atomic E-state index is 13.7. The third kappa shape index (κ3) is 2.11. The van der Waals surface area contributed by atoms with Crippen LogP contribution in [0.15, 0.2) is 42.7 Å². The molecule has 1 aromatic heterocycles. The van der Waals surface area contributed by atoms with Crippen LogP contribution in [0.25, 0.3) is 10.9 Å². The molecule has 0 aliphatic heterocycles. The third-order valence-electron chi connectivity index (χ3n) is 2.86. The number of hydrogen-bond acceptors (Lipinski definition) is 4. The summed E-state index contributed by atoms with van der Waals surface area (Å²) in [5.74, 6) is -1.51. The molecular weight excluding hydrogens is 262 g/mol. The second-order valence-electron chi connectivity index (χ2n) is 4.23. The number of nitrogens with two attached hydrogens (primary N) is 1. The van der Waals surface area contributed by atoms with E-state index < -0.39 is 11.6 Å². The van der Waals surface area contributed by atoms with Crippen molar-refractivity contribution in [2.75, 3.05) is 11.1 Å². The van der Waals surface area contributed by atoms with E-state index in [1.54, 1.807) is 18.2 Å². The Kier molecular flexibility index (Phi) is 2.90. The van der Waals surface area contributed by atoms with E-state index in [0.717, 1.165) is 6.07 Å². The molecule has 1 heterocycles. The number of nitrogens with zero attached hydrogens (tertiary/aromatic N) is 2. The lowest BCUT2D eigenvalue weighted by atomic mass is 10.2. The molecule has 0 radical (unpaired) electrons. The Balaban J connectivity index is 2.11. The van der Waals surface area contributed by atoms with Gasteiger partial charge in [0.15, 0.2) is 11.6 Å². The van der Waals surface area contributed by atoms with Gasteiger partial charge in [-0.25, -0.2) is 18.7 Å². The largest absolute Gasteiger partial charge is 0.399 e. The first kappa shape index (κ1) is 12.3. The molecular formula is C14H10F2N4. The van der Waals surface area contributed by atoms with Crippen LogP contribution in [0.4, 0.5) is 26.0 Å². The number of benzene rings is 2. The van der Waals surface area contributed by atoms with E-state index in [9.17, 15) is 8.78 Å². The van der Waals surface area contributed by atoms with E-state index in [4.69, 9.17) is 5.73 Å². The van der Waals surface area contributed by atoms with Crippen molar-refractivity contribution in [1.29, 1.82) is 0 Å². The zero-order valence-corrected chi connectivity index (χ0v) is 10.3. The molecule has 0 aliphatic rings. The number of fused-ring (bicyclic) bond motifs is 1. The van der Waals surface area contributed by atoms with Gasteiger partial charge in [0.05, 0.1) is 11.2 Å². The minimum Gasteiger partial charge on any atom is -0.399 e. The molecule has 0 saturated carbocycles. The highest BCUT2D eigenvalue weighted by molar-refractivity contribution is 5.92. The maximum Gasteiger partial charge on any atom is 0.182 e. The van der Waals surface area contributed by atoms with Gasteiger partial charge in [0, 0.05) is 11.1 Å². The number of nitrogens with one attached hydrogen (secondary N) is 1. The molecule has 20 heavy (non-hydrogen) atoms. The number of rotatable bonds is 2. The van der Waals surface area contributed by atoms with Gasteiger partial charge in [-0.3, -0.25) is 0 Å². The second kappa shape index (κ2) is 4.73. The van der Waals surface area contributed by atoms with Gasteiger partial charge in [-0.1, -0.05) is 6.07 Å². The molecule has 0 saturated heterocycles. The number of hydrogen-bond donors (Lipinski definition) is 2. The highest BCUT2D eigenvalue weighted by Gasteiger charge is 2.10. The molecule has 6 heteroatoms. The standard InChI is InChI=1S/C14H10F2N4/c15-10-2-1-3-12(13(10)16)20-14-9-6-8(17)4-5-11(9)18-7-19-14/h1-7H,17H2,(H,18,19,20). The van der Waals surface area contributed by atoms with Gasteiger partial charge < -0.3 is 11.1 Å². The first-order valence-corrected chi connectivity index (χ1v) is 5.86. The highest BCUT2D eigenvalue weighted by atomic mass is 19.2. The summed E-state index contributed by atoms with van der Waals surface area (Å²) in [5.41, 5.74) is 6.93. The van der Waals surface area contributed by atoms with E-state index in [-0.39, 0.29) is 5.69 Å². The number of halogens is 2. The van der Waals surface area contributed by atoms with Crippen LogP contribution in [0, 0.1) is 11.6 Å². The van der Waals surface area contributed by atoms with Gasteiger partial charge in [-0.05, 0) is 30.3 Å². The normalized spacial score (nSPS) is 10.7. The average molecular weight is 272 g/mol. The van der Waals surface area contributed by atoms with E-state index in [1.807, 2.05) is 0 Å². The summed E-state index contributed by atoms with van der Waals surface area (Å²) in [6.07, 6.45) is 1.35. The van der Waals surface area contributed by atoms with E-state index in [1.165, 1.54) is 18.5 Å². The molecule has 0 spiro atoms. The zero-order valence-electron chi connectivity index (χ0n) is 10.3. The fourth-order valence-electron chi connectivity index (χ4n) is 1.90. The summed E-state index contributed by atoms with van der Waals surface area (Å²) in [5, 5.41) is 3.40. The van der Waals surface area contributed by atoms with E-state index in [0.29, 0.717) is 22.4 Å². The molecule has 3 aromatic rings. The summed E-state index contributed by atoms with van der Waals surface area (Å²) >= 11 is 0. The fraction of sp³-hybridized carbons (Fsp3) is 0. The summed E-state index contributed by atoms with van der Waals surface area (Å²) in [7, 11) is 0. The van der Waals surface area contributed by atoms with Gasteiger partial charge in [0.2, 0.25) is 0 Å². The van der Waals surface area contributed by atoms with E-state index >= 15 is 0 Å². The smallest absolute Gasteiger partial charge is 0.182 e. The summed E-state index contributed by atoms with van der Waals surface area (Å²) in [6, 6.07) is 9.02. The van der Waals surface area contributed by atoms with Crippen molar-refractivity contribution in [3.63, 3.8) is 0 Å². The van der Waals surface area contributed by atoms with Crippen molar-refractivity contribution in [1.82, 2.24) is 9.97 Å². The molecule has 0 aliphatic carbocycles. The van der Waals surface area contributed by atoms with Gasteiger partial charge in [0.25, 0.3) is 0 Å². The van der Waals surface area contributed by atoms with Crippen LogP contribution in [0.2, 0.25) is 0 Å². The lowest BCUT2D eigenvalue weighted by Gasteiger charge is -2.09. The zero-order chi connectivity index (χ0) is 14.1. The Morgan fingerprint density at radius 3 is 2.75 bits per heavy atom. The monoisotopic (exact) mass is 272 g/mol. The molecule has 0 fully saturated rings. The molecule has 0 atom stereocenters. The number of anilines is 3. The van der Waals surface area contributed by atoms with Crippen LogP contribution in [0.1, 0.15) is 0 Å². The van der Waals surface area contributed by atoms with Crippen molar-refractivity contribution in [3.05, 3.63) is 54.4 Å². The van der Waals surface area contributed by atoms with Crippen molar-refractivity contribution in [3.8, 4) is 0 Å². The molecule has 2 aromatic carbocycles. The van der Waals surface area contributed by atoms with Crippen LogP contribution < -0.4 is 11.1 Å². The molecule has 100 valence electrons. The average Bonchev–Trinajstić information content (AvgIpc) is 2.44. The molecule has 0 bridgehead atoms. The van der Waals surface area contributed by atoms with Crippen LogP contribution in [-0.2, 0) is 0 Å². The predicted octanol–water partition coefficient (Wildman–Crippen LogP) is 3.23. The van der Waals surface area contributed by atoms with Crippen LogP contribution in [0.3, 0.4) is 0 Å². The Bertz CT molecular complexity index is 789. The van der Waals surface area contributed by atoms with Crippen molar-refractivity contribution in [2.45, 2.75) is 0 Å². The summed E-state index contributed by atoms with van der Waals surface area (Å²) in [4.78, 5) is 8.14. The first-order chi connectivity index (χ1) is 9.65. The lowest BCUT2D eigenvalue weighted by Crippen LogP contribution is -2.00.